The Labute approximate surface area is 196 Å². The quantitative estimate of drug-likeness (QED) is 0.192. The molecule has 0 unspecified atom stereocenters. The maximum absolute atomic E-state index is 14.7. The van der Waals surface area contributed by atoms with Crippen molar-refractivity contribution in [1.82, 2.24) is 10.4 Å². The average Bonchev–Trinajstić information content (AvgIpc) is 2.73. The smallest absolute Gasteiger partial charge is 0.277 e. The van der Waals surface area contributed by atoms with Crippen molar-refractivity contribution in [2.24, 2.45) is 0 Å². The molecule has 1 amide bonds. The fourth-order valence-corrected chi connectivity index (χ4v) is 4.38. The number of halogens is 4. The lowest BCUT2D eigenvalue weighted by molar-refractivity contribution is 0.0206. The molecule has 0 radical (unpaired) electrons. The van der Waals surface area contributed by atoms with E-state index < -0.39 is 17.5 Å². The summed E-state index contributed by atoms with van der Waals surface area (Å²) in [7, 11) is 0. The van der Waals surface area contributed by atoms with Crippen LogP contribution in [-0.2, 0) is 4.84 Å². The highest BCUT2D eigenvalue weighted by molar-refractivity contribution is 14.1. The summed E-state index contributed by atoms with van der Waals surface area (Å²) in [6.45, 7) is 4.92. The standard InChI is InChI=1S/C21H23BrF2IN3O2/c1-13-11-14(25)5-6-17(13)26-20-15(12-16(22)18(23)19(20)24)21(29)27-30-10-9-28-7-3-2-4-8-28/h5-6,11-12,26H,2-4,7-10H2,1H3,(H,27,29). The summed E-state index contributed by atoms with van der Waals surface area (Å²) in [5.41, 5.74) is 3.47. The second-order valence-electron chi connectivity index (χ2n) is 7.18. The number of carbonyl (C=O) groups is 1. The van der Waals surface area contributed by atoms with Gasteiger partial charge in [0, 0.05) is 15.8 Å². The van der Waals surface area contributed by atoms with Crippen LogP contribution in [0.5, 0.6) is 0 Å². The normalized spacial score (nSPS) is 14.6. The van der Waals surface area contributed by atoms with Gasteiger partial charge in [-0.1, -0.05) is 6.42 Å². The molecule has 0 atom stereocenters. The summed E-state index contributed by atoms with van der Waals surface area (Å²) in [6, 6.07) is 6.74. The van der Waals surface area contributed by atoms with Gasteiger partial charge < -0.3 is 10.2 Å². The number of piperidine rings is 1. The fourth-order valence-electron chi connectivity index (χ4n) is 3.33. The molecule has 1 aliphatic rings. The Morgan fingerprint density at radius 2 is 1.93 bits per heavy atom. The highest BCUT2D eigenvalue weighted by Gasteiger charge is 2.23. The molecule has 0 aromatic heterocycles. The molecule has 3 rings (SSSR count). The van der Waals surface area contributed by atoms with E-state index in [1.807, 2.05) is 19.1 Å². The van der Waals surface area contributed by atoms with E-state index in [1.165, 1.54) is 25.3 Å². The predicted octanol–water partition coefficient (Wildman–Crippen LogP) is 5.53. The van der Waals surface area contributed by atoms with Gasteiger partial charge in [0.25, 0.3) is 5.91 Å². The molecule has 1 aliphatic heterocycles. The Morgan fingerprint density at radius 3 is 2.63 bits per heavy atom. The Hall–Kier alpha value is -1.30. The second kappa shape index (κ2) is 10.8. The van der Waals surface area contributed by atoms with Crippen molar-refractivity contribution < 1.29 is 18.4 Å². The monoisotopic (exact) mass is 593 g/mol. The Bertz CT molecular complexity index is 924. The van der Waals surface area contributed by atoms with Gasteiger partial charge in [-0.25, -0.2) is 14.3 Å². The molecular formula is C21H23BrF2IN3O2. The maximum Gasteiger partial charge on any atom is 0.277 e. The fraction of sp³-hybridized carbons (Fsp3) is 0.381. The second-order valence-corrected chi connectivity index (χ2v) is 9.28. The van der Waals surface area contributed by atoms with E-state index in [-0.39, 0.29) is 15.7 Å². The molecule has 2 aromatic carbocycles. The molecule has 1 fully saturated rings. The van der Waals surface area contributed by atoms with Gasteiger partial charge in [-0.3, -0.25) is 9.63 Å². The van der Waals surface area contributed by atoms with Crippen LogP contribution in [-0.4, -0.2) is 37.0 Å². The first-order chi connectivity index (χ1) is 14.4. The molecule has 2 aromatic rings. The van der Waals surface area contributed by atoms with Crippen LogP contribution >= 0.6 is 38.5 Å². The highest BCUT2D eigenvalue weighted by atomic mass is 127. The van der Waals surface area contributed by atoms with Crippen molar-refractivity contribution in [3.8, 4) is 0 Å². The predicted molar refractivity (Wildman–Crippen MR) is 125 cm³/mol. The molecule has 162 valence electrons. The molecule has 0 spiro atoms. The SMILES string of the molecule is Cc1cc(I)ccc1Nc1c(C(=O)NOCCN2CCCCC2)cc(Br)c(F)c1F. The lowest BCUT2D eigenvalue weighted by atomic mass is 10.1. The summed E-state index contributed by atoms with van der Waals surface area (Å²) >= 11 is 5.14. The third kappa shape index (κ3) is 5.89. The van der Waals surface area contributed by atoms with E-state index in [9.17, 15) is 13.6 Å². The summed E-state index contributed by atoms with van der Waals surface area (Å²) in [6.07, 6.45) is 3.58. The molecule has 1 heterocycles. The third-order valence-electron chi connectivity index (χ3n) is 4.98. The first-order valence-electron chi connectivity index (χ1n) is 9.72. The first-order valence-corrected chi connectivity index (χ1v) is 11.6. The Morgan fingerprint density at radius 1 is 1.20 bits per heavy atom. The van der Waals surface area contributed by atoms with Crippen molar-refractivity contribution >= 4 is 55.8 Å². The largest absolute Gasteiger partial charge is 0.352 e. The van der Waals surface area contributed by atoms with Crippen LogP contribution in [0.1, 0.15) is 35.2 Å². The van der Waals surface area contributed by atoms with Crippen LogP contribution in [0, 0.1) is 22.1 Å². The number of amides is 1. The number of carbonyl (C=O) groups excluding carboxylic acids is 1. The van der Waals surface area contributed by atoms with Crippen LogP contribution in [0.15, 0.2) is 28.7 Å². The van der Waals surface area contributed by atoms with Gasteiger partial charge in [0.05, 0.1) is 22.3 Å². The number of benzene rings is 2. The van der Waals surface area contributed by atoms with Gasteiger partial charge in [0.1, 0.15) is 0 Å². The molecule has 2 N–H and O–H groups in total. The van der Waals surface area contributed by atoms with E-state index in [1.54, 1.807) is 6.07 Å². The van der Waals surface area contributed by atoms with Crippen LogP contribution < -0.4 is 10.8 Å². The van der Waals surface area contributed by atoms with Gasteiger partial charge >= 0.3 is 0 Å². The molecule has 5 nitrogen and oxygen atoms in total. The molecule has 9 heteroatoms. The van der Waals surface area contributed by atoms with Crippen molar-refractivity contribution in [1.29, 1.82) is 0 Å². The minimum Gasteiger partial charge on any atom is -0.352 e. The number of hydrogen-bond donors (Lipinski definition) is 2. The van der Waals surface area contributed by atoms with Crippen LogP contribution in [0.2, 0.25) is 0 Å². The molecule has 1 saturated heterocycles. The maximum atomic E-state index is 14.7. The summed E-state index contributed by atoms with van der Waals surface area (Å²) < 4.78 is 29.8. The van der Waals surface area contributed by atoms with Crippen LogP contribution in [0.25, 0.3) is 0 Å². The molecule has 0 aliphatic carbocycles. The minimum absolute atomic E-state index is 0.0586. The van der Waals surface area contributed by atoms with Crippen molar-refractivity contribution in [3.05, 3.63) is 55.1 Å². The number of rotatable bonds is 7. The summed E-state index contributed by atoms with van der Waals surface area (Å²) in [5.74, 6) is -2.86. The summed E-state index contributed by atoms with van der Waals surface area (Å²) in [4.78, 5) is 20.2. The van der Waals surface area contributed by atoms with Gasteiger partial charge in [0.15, 0.2) is 11.6 Å². The van der Waals surface area contributed by atoms with Gasteiger partial charge in [-0.05, 0) is 101 Å². The zero-order valence-electron chi connectivity index (χ0n) is 16.5. The van der Waals surface area contributed by atoms with E-state index in [4.69, 9.17) is 4.84 Å². The van der Waals surface area contributed by atoms with Crippen LogP contribution in [0.3, 0.4) is 0 Å². The summed E-state index contributed by atoms with van der Waals surface area (Å²) in [5, 5.41) is 2.86. The van der Waals surface area contributed by atoms with Crippen LogP contribution in [0.4, 0.5) is 20.2 Å². The van der Waals surface area contributed by atoms with Crippen molar-refractivity contribution in [3.63, 3.8) is 0 Å². The number of aryl methyl sites for hydroxylation is 1. The number of hydroxylamine groups is 1. The topological polar surface area (TPSA) is 53.6 Å². The first kappa shape index (κ1) is 23.4. The van der Waals surface area contributed by atoms with E-state index in [0.29, 0.717) is 18.8 Å². The zero-order valence-corrected chi connectivity index (χ0v) is 20.3. The molecular weight excluding hydrogens is 571 g/mol. The number of likely N-dealkylation sites (tertiary alicyclic amines) is 1. The lowest BCUT2D eigenvalue weighted by Crippen LogP contribution is -2.35. The number of nitrogens with one attached hydrogen (secondary N) is 2. The van der Waals surface area contributed by atoms with Crippen molar-refractivity contribution in [2.45, 2.75) is 26.2 Å². The minimum atomic E-state index is -1.14. The highest BCUT2D eigenvalue weighted by Crippen LogP contribution is 2.32. The zero-order chi connectivity index (χ0) is 21.7. The number of hydrogen-bond acceptors (Lipinski definition) is 4. The van der Waals surface area contributed by atoms with E-state index in [2.05, 4.69) is 54.2 Å². The van der Waals surface area contributed by atoms with Gasteiger partial charge in [-0.2, -0.15) is 0 Å². The Kier molecular flexibility index (Phi) is 8.44. The Balaban J connectivity index is 1.73. The molecule has 0 bridgehead atoms. The average molecular weight is 594 g/mol. The van der Waals surface area contributed by atoms with Crippen molar-refractivity contribution in [2.75, 3.05) is 31.6 Å². The number of anilines is 2. The van der Waals surface area contributed by atoms with Gasteiger partial charge in [-0.15, -0.1) is 0 Å². The molecule has 30 heavy (non-hydrogen) atoms. The lowest BCUT2D eigenvalue weighted by Gasteiger charge is -2.25. The molecule has 0 saturated carbocycles. The van der Waals surface area contributed by atoms with E-state index in [0.717, 1.165) is 22.2 Å². The third-order valence-corrected chi connectivity index (χ3v) is 6.23. The van der Waals surface area contributed by atoms with Gasteiger partial charge in [0.2, 0.25) is 0 Å². The number of nitrogens with zero attached hydrogens (tertiary/aromatic N) is 1. The van der Waals surface area contributed by atoms with E-state index >= 15 is 0 Å².